The minimum Gasteiger partial charge on any atom is -0.444 e. The van der Waals surface area contributed by atoms with Crippen LogP contribution in [0.1, 0.15) is 31.9 Å². The summed E-state index contributed by atoms with van der Waals surface area (Å²) in [6.07, 6.45) is 0.153. The number of ether oxygens (including phenoxy) is 1. The fourth-order valence-electron chi connectivity index (χ4n) is 1.71. The molecule has 114 valence electrons. The van der Waals surface area contributed by atoms with Crippen molar-refractivity contribution in [2.24, 2.45) is 5.11 Å². The van der Waals surface area contributed by atoms with Gasteiger partial charge in [-0.15, -0.1) is 0 Å². The summed E-state index contributed by atoms with van der Waals surface area (Å²) < 4.78 is 5.15. The number of azide groups is 1. The lowest BCUT2D eigenvalue weighted by Crippen LogP contribution is -2.33. The van der Waals surface area contributed by atoms with Crippen molar-refractivity contribution in [1.82, 2.24) is 5.32 Å². The van der Waals surface area contributed by atoms with Crippen LogP contribution in [0.3, 0.4) is 0 Å². The number of benzene rings is 1. The molecule has 0 unspecified atom stereocenters. The Labute approximate surface area is 129 Å². The van der Waals surface area contributed by atoms with Crippen LogP contribution in [-0.2, 0) is 17.7 Å². The molecule has 0 bridgehead atoms. The van der Waals surface area contributed by atoms with E-state index in [-0.39, 0.29) is 6.54 Å². The summed E-state index contributed by atoms with van der Waals surface area (Å²) in [5.74, 6) is 0. The van der Waals surface area contributed by atoms with E-state index in [1.54, 1.807) is 12.1 Å². The van der Waals surface area contributed by atoms with Gasteiger partial charge >= 0.3 is 6.09 Å². The lowest BCUT2D eigenvalue weighted by molar-refractivity contribution is 0.0528. The Morgan fingerprint density at radius 2 is 2.14 bits per heavy atom. The number of carbonyl (C=O) groups is 1. The van der Waals surface area contributed by atoms with E-state index >= 15 is 0 Å². The van der Waals surface area contributed by atoms with Crippen LogP contribution in [-0.4, -0.2) is 18.2 Å². The molecule has 1 rings (SSSR count). The number of carbonyl (C=O) groups excluding carboxylic acids is 1. The van der Waals surface area contributed by atoms with Gasteiger partial charge in [0.15, 0.2) is 0 Å². The first-order valence-electron chi connectivity index (χ1n) is 6.57. The first kappa shape index (κ1) is 17.1. The summed E-state index contributed by atoms with van der Waals surface area (Å²) in [4.78, 5) is 14.3. The number of amides is 1. The fraction of sp³-hybridized carbons (Fsp3) is 0.500. The molecule has 0 saturated heterocycles. The standard InChI is InChI=1S/C14H19ClN4O2/c1-14(2,3)21-13(20)17-7-6-10-4-5-12(15)8-11(10)9-18-19-16/h4-5,8H,6-7,9H2,1-3H3,(H,17,20). The molecule has 0 atom stereocenters. The lowest BCUT2D eigenvalue weighted by atomic mass is 10.0. The van der Waals surface area contributed by atoms with Gasteiger partial charge in [-0.3, -0.25) is 0 Å². The van der Waals surface area contributed by atoms with E-state index in [1.165, 1.54) is 0 Å². The third kappa shape index (κ3) is 6.88. The smallest absolute Gasteiger partial charge is 0.407 e. The summed E-state index contributed by atoms with van der Waals surface area (Å²) in [6.45, 7) is 6.09. The molecule has 0 aliphatic carbocycles. The van der Waals surface area contributed by atoms with Gasteiger partial charge in [-0.1, -0.05) is 22.8 Å². The van der Waals surface area contributed by atoms with Gasteiger partial charge in [-0.25, -0.2) is 4.79 Å². The monoisotopic (exact) mass is 310 g/mol. The maximum Gasteiger partial charge on any atom is 0.407 e. The number of rotatable bonds is 5. The van der Waals surface area contributed by atoms with Gasteiger partial charge in [-0.2, -0.15) is 0 Å². The van der Waals surface area contributed by atoms with Crippen LogP contribution in [0, 0.1) is 0 Å². The Kier molecular flexibility index (Phi) is 6.34. The van der Waals surface area contributed by atoms with E-state index in [0.717, 1.165) is 11.1 Å². The second-order valence-electron chi connectivity index (χ2n) is 5.48. The summed E-state index contributed by atoms with van der Waals surface area (Å²) in [6, 6.07) is 5.39. The van der Waals surface area contributed by atoms with E-state index in [2.05, 4.69) is 15.3 Å². The van der Waals surface area contributed by atoms with Crippen LogP contribution in [0.4, 0.5) is 4.79 Å². The van der Waals surface area contributed by atoms with Gasteiger partial charge < -0.3 is 10.1 Å². The Morgan fingerprint density at radius 1 is 1.43 bits per heavy atom. The molecule has 0 fully saturated rings. The highest BCUT2D eigenvalue weighted by atomic mass is 35.5. The van der Waals surface area contributed by atoms with Crippen molar-refractivity contribution in [1.29, 1.82) is 0 Å². The van der Waals surface area contributed by atoms with Crippen molar-refractivity contribution < 1.29 is 9.53 Å². The minimum absolute atomic E-state index is 0.235. The Balaban J connectivity index is 2.59. The fourth-order valence-corrected chi connectivity index (χ4v) is 1.90. The molecule has 1 amide bonds. The Morgan fingerprint density at radius 3 is 2.76 bits per heavy atom. The molecule has 1 aromatic carbocycles. The predicted octanol–water partition coefficient (Wildman–Crippen LogP) is 4.22. The highest BCUT2D eigenvalue weighted by Crippen LogP contribution is 2.17. The van der Waals surface area contributed by atoms with Crippen LogP contribution in [0.5, 0.6) is 0 Å². The zero-order valence-corrected chi connectivity index (χ0v) is 13.1. The first-order valence-corrected chi connectivity index (χ1v) is 6.94. The van der Waals surface area contributed by atoms with Crippen molar-refractivity contribution in [2.45, 2.75) is 39.3 Å². The summed E-state index contributed by atoms with van der Waals surface area (Å²) in [5.41, 5.74) is 9.71. The lowest BCUT2D eigenvalue weighted by Gasteiger charge is -2.19. The number of halogens is 1. The molecule has 21 heavy (non-hydrogen) atoms. The van der Waals surface area contributed by atoms with Gasteiger partial charge in [0, 0.05) is 16.5 Å². The maximum absolute atomic E-state index is 11.5. The van der Waals surface area contributed by atoms with Gasteiger partial charge in [0.2, 0.25) is 0 Å². The predicted molar refractivity (Wildman–Crippen MR) is 82.2 cm³/mol. The largest absolute Gasteiger partial charge is 0.444 e. The number of nitrogens with one attached hydrogen (secondary N) is 1. The summed E-state index contributed by atoms with van der Waals surface area (Å²) in [5, 5.41) is 6.82. The number of hydrogen-bond acceptors (Lipinski definition) is 3. The zero-order chi connectivity index (χ0) is 15.9. The van der Waals surface area contributed by atoms with E-state index in [1.807, 2.05) is 26.8 Å². The Bertz CT molecular complexity index is 548. The summed E-state index contributed by atoms with van der Waals surface area (Å²) in [7, 11) is 0. The molecule has 0 spiro atoms. The third-order valence-corrected chi connectivity index (χ3v) is 2.77. The van der Waals surface area contributed by atoms with Gasteiger partial charge in [0.25, 0.3) is 0 Å². The summed E-state index contributed by atoms with van der Waals surface area (Å²) >= 11 is 5.93. The Hall–Kier alpha value is -1.91. The van der Waals surface area contributed by atoms with Crippen LogP contribution in [0.15, 0.2) is 23.3 Å². The van der Waals surface area contributed by atoms with Crippen LogP contribution in [0.2, 0.25) is 5.02 Å². The van der Waals surface area contributed by atoms with Gasteiger partial charge in [0.05, 0.1) is 6.54 Å². The highest BCUT2D eigenvalue weighted by molar-refractivity contribution is 6.30. The van der Waals surface area contributed by atoms with E-state index in [0.29, 0.717) is 18.0 Å². The van der Waals surface area contributed by atoms with Crippen molar-refractivity contribution in [3.8, 4) is 0 Å². The quantitative estimate of drug-likeness (QED) is 0.501. The van der Waals surface area contributed by atoms with E-state index in [4.69, 9.17) is 21.9 Å². The average Bonchev–Trinajstić information content (AvgIpc) is 2.36. The normalized spacial score (nSPS) is 10.7. The minimum atomic E-state index is -0.517. The molecule has 7 heteroatoms. The average molecular weight is 311 g/mol. The number of nitrogens with zero attached hydrogens (tertiary/aromatic N) is 3. The molecule has 0 aromatic heterocycles. The van der Waals surface area contributed by atoms with Crippen molar-refractivity contribution in [3.05, 3.63) is 44.8 Å². The second-order valence-corrected chi connectivity index (χ2v) is 5.92. The molecule has 0 heterocycles. The zero-order valence-electron chi connectivity index (χ0n) is 12.4. The van der Waals surface area contributed by atoms with Crippen molar-refractivity contribution in [2.75, 3.05) is 6.54 Å². The molecular formula is C14H19ClN4O2. The SMILES string of the molecule is CC(C)(C)OC(=O)NCCc1ccc(Cl)cc1CN=[N+]=[N-]. The molecule has 0 aliphatic rings. The molecule has 6 nitrogen and oxygen atoms in total. The third-order valence-electron chi connectivity index (χ3n) is 2.54. The molecule has 0 saturated carbocycles. The van der Waals surface area contributed by atoms with Crippen LogP contribution >= 0.6 is 11.6 Å². The van der Waals surface area contributed by atoms with Crippen molar-refractivity contribution in [3.63, 3.8) is 0 Å². The van der Waals surface area contributed by atoms with Gasteiger partial charge in [0.1, 0.15) is 5.60 Å². The van der Waals surface area contributed by atoms with Crippen molar-refractivity contribution >= 4 is 17.7 Å². The van der Waals surface area contributed by atoms with Gasteiger partial charge in [-0.05, 0) is 56.0 Å². The highest BCUT2D eigenvalue weighted by Gasteiger charge is 2.15. The number of alkyl carbamates (subject to hydrolysis) is 1. The molecule has 0 radical (unpaired) electrons. The topological polar surface area (TPSA) is 87.1 Å². The molecule has 1 aromatic rings. The van der Waals surface area contributed by atoms with Crippen LogP contribution in [0.25, 0.3) is 10.4 Å². The van der Waals surface area contributed by atoms with E-state index < -0.39 is 11.7 Å². The molecular weight excluding hydrogens is 292 g/mol. The molecule has 1 N–H and O–H groups in total. The van der Waals surface area contributed by atoms with E-state index in [9.17, 15) is 4.79 Å². The first-order chi connectivity index (χ1) is 9.81. The molecule has 0 aliphatic heterocycles. The second kappa shape index (κ2) is 7.76. The number of hydrogen-bond donors (Lipinski definition) is 1. The maximum atomic E-state index is 11.5. The van der Waals surface area contributed by atoms with Crippen LogP contribution < -0.4 is 5.32 Å².